The first-order valence-electron chi connectivity index (χ1n) is 10.4. The van der Waals surface area contributed by atoms with Gasteiger partial charge in [-0.2, -0.15) is 0 Å². The third-order valence-corrected chi connectivity index (χ3v) is 4.51. The highest BCUT2D eigenvalue weighted by Crippen LogP contribution is 2.18. The van der Waals surface area contributed by atoms with Crippen molar-refractivity contribution in [2.75, 3.05) is 30.4 Å². The summed E-state index contributed by atoms with van der Waals surface area (Å²) in [7, 11) is 0. The molecule has 0 heterocycles. The second kappa shape index (κ2) is 12.1. The van der Waals surface area contributed by atoms with Gasteiger partial charge < -0.3 is 20.1 Å². The lowest BCUT2D eigenvalue weighted by Crippen LogP contribution is -2.21. The van der Waals surface area contributed by atoms with Crippen LogP contribution < -0.4 is 20.1 Å². The van der Waals surface area contributed by atoms with Crippen LogP contribution in [0.1, 0.15) is 12.0 Å². The van der Waals surface area contributed by atoms with Gasteiger partial charge >= 0.3 is 0 Å². The van der Waals surface area contributed by atoms with E-state index in [0.29, 0.717) is 18.9 Å². The highest BCUT2D eigenvalue weighted by molar-refractivity contribution is 5.93. The van der Waals surface area contributed by atoms with E-state index in [2.05, 4.69) is 29.3 Å². The maximum Gasteiger partial charge on any atom is 0.243 e. The predicted octanol–water partition coefficient (Wildman–Crippen LogP) is 5.31. The van der Waals surface area contributed by atoms with E-state index in [-0.39, 0.29) is 12.5 Å². The van der Waals surface area contributed by atoms with Crippen LogP contribution in [0.15, 0.2) is 91.5 Å². The minimum atomic E-state index is -0.131. The largest absolute Gasteiger partial charge is 0.494 e. The Morgan fingerprint density at radius 3 is 2.45 bits per heavy atom. The fraction of sp³-hybridized carbons (Fsp3) is 0.192. The maximum absolute atomic E-state index is 12.3. The van der Waals surface area contributed by atoms with Gasteiger partial charge in [0, 0.05) is 17.4 Å². The third-order valence-electron chi connectivity index (χ3n) is 4.51. The molecule has 0 aliphatic rings. The summed E-state index contributed by atoms with van der Waals surface area (Å²) in [6, 6.07) is 25.2. The Labute approximate surface area is 183 Å². The van der Waals surface area contributed by atoms with Gasteiger partial charge in [0.25, 0.3) is 0 Å². The number of ether oxygens (including phenoxy) is 2. The van der Waals surface area contributed by atoms with Crippen LogP contribution in [-0.4, -0.2) is 25.7 Å². The molecule has 0 fully saturated rings. The number of benzene rings is 3. The minimum absolute atomic E-state index is 0.131. The molecule has 160 valence electrons. The summed E-state index contributed by atoms with van der Waals surface area (Å²) in [5.74, 6) is 1.37. The SMILES string of the molecule is C=CCOc1ccc(NCC(=O)Nc2cccc(OCCCc3ccccc3)c2)cc1. The van der Waals surface area contributed by atoms with Crippen LogP contribution in [0.3, 0.4) is 0 Å². The van der Waals surface area contributed by atoms with Gasteiger partial charge in [-0.1, -0.05) is 49.1 Å². The predicted molar refractivity (Wildman–Crippen MR) is 126 cm³/mol. The van der Waals surface area contributed by atoms with Crippen molar-refractivity contribution in [3.05, 3.63) is 97.1 Å². The summed E-state index contributed by atoms with van der Waals surface area (Å²) in [5.41, 5.74) is 2.86. The number of aryl methyl sites for hydroxylation is 1. The Bertz CT molecular complexity index is 956. The van der Waals surface area contributed by atoms with E-state index in [1.807, 2.05) is 66.7 Å². The van der Waals surface area contributed by atoms with Gasteiger partial charge in [0.2, 0.25) is 5.91 Å². The molecule has 3 rings (SSSR count). The molecule has 31 heavy (non-hydrogen) atoms. The molecule has 1 amide bonds. The number of carbonyl (C=O) groups excluding carboxylic acids is 1. The van der Waals surface area contributed by atoms with Gasteiger partial charge in [-0.05, 0) is 54.8 Å². The van der Waals surface area contributed by atoms with E-state index in [1.165, 1.54) is 5.56 Å². The summed E-state index contributed by atoms with van der Waals surface area (Å²) >= 11 is 0. The average molecular weight is 417 g/mol. The number of hydrogen-bond acceptors (Lipinski definition) is 4. The van der Waals surface area contributed by atoms with Gasteiger partial charge in [0.15, 0.2) is 0 Å². The molecule has 5 heteroatoms. The van der Waals surface area contributed by atoms with Crippen LogP contribution in [0.4, 0.5) is 11.4 Å². The molecule has 5 nitrogen and oxygen atoms in total. The first kappa shape index (κ1) is 22.0. The van der Waals surface area contributed by atoms with Crippen molar-refractivity contribution in [2.24, 2.45) is 0 Å². The van der Waals surface area contributed by atoms with Crippen molar-refractivity contribution in [1.29, 1.82) is 0 Å². The summed E-state index contributed by atoms with van der Waals surface area (Å²) in [5, 5.41) is 5.99. The van der Waals surface area contributed by atoms with Crippen molar-refractivity contribution in [1.82, 2.24) is 0 Å². The molecule has 0 aromatic heterocycles. The molecule has 0 bridgehead atoms. The van der Waals surface area contributed by atoms with Gasteiger partial charge in [0.1, 0.15) is 18.1 Å². The zero-order valence-corrected chi connectivity index (χ0v) is 17.6. The molecule has 0 atom stereocenters. The fourth-order valence-electron chi connectivity index (χ4n) is 2.99. The van der Waals surface area contributed by atoms with E-state index in [9.17, 15) is 4.79 Å². The molecular weight excluding hydrogens is 388 g/mol. The maximum atomic E-state index is 12.3. The fourth-order valence-corrected chi connectivity index (χ4v) is 2.99. The van der Waals surface area contributed by atoms with Crippen molar-refractivity contribution < 1.29 is 14.3 Å². The van der Waals surface area contributed by atoms with Crippen molar-refractivity contribution in [2.45, 2.75) is 12.8 Å². The summed E-state index contributed by atoms with van der Waals surface area (Å²) in [6.45, 7) is 4.87. The highest BCUT2D eigenvalue weighted by atomic mass is 16.5. The second-order valence-corrected chi connectivity index (χ2v) is 6.99. The van der Waals surface area contributed by atoms with Crippen molar-refractivity contribution >= 4 is 17.3 Å². The van der Waals surface area contributed by atoms with Crippen molar-refractivity contribution in [3.8, 4) is 11.5 Å². The lowest BCUT2D eigenvalue weighted by atomic mass is 10.1. The number of nitrogens with one attached hydrogen (secondary N) is 2. The van der Waals surface area contributed by atoms with E-state index >= 15 is 0 Å². The topological polar surface area (TPSA) is 59.6 Å². The van der Waals surface area contributed by atoms with Gasteiger partial charge in [-0.3, -0.25) is 4.79 Å². The summed E-state index contributed by atoms with van der Waals surface area (Å²) in [4.78, 5) is 12.3. The lowest BCUT2D eigenvalue weighted by Gasteiger charge is -2.11. The Morgan fingerprint density at radius 2 is 1.68 bits per heavy atom. The second-order valence-electron chi connectivity index (χ2n) is 6.99. The van der Waals surface area contributed by atoms with E-state index in [1.54, 1.807) is 6.08 Å². The highest BCUT2D eigenvalue weighted by Gasteiger charge is 2.04. The smallest absolute Gasteiger partial charge is 0.243 e. The molecule has 0 spiro atoms. The Balaban J connectivity index is 1.40. The molecule has 3 aromatic rings. The van der Waals surface area contributed by atoms with Crippen LogP contribution in [-0.2, 0) is 11.2 Å². The zero-order valence-electron chi connectivity index (χ0n) is 17.6. The van der Waals surface area contributed by atoms with E-state index in [0.717, 1.165) is 30.0 Å². The van der Waals surface area contributed by atoms with Crippen LogP contribution in [0.25, 0.3) is 0 Å². The van der Waals surface area contributed by atoms with Crippen molar-refractivity contribution in [3.63, 3.8) is 0 Å². The molecule has 2 N–H and O–H groups in total. The van der Waals surface area contributed by atoms with E-state index < -0.39 is 0 Å². The van der Waals surface area contributed by atoms with Crippen LogP contribution in [0, 0.1) is 0 Å². The molecule has 0 saturated heterocycles. The number of rotatable bonds is 12. The first-order chi connectivity index (χ1) is 15.2. The number of amides is 1. The molecule has 0 saturated carbocycles. The van der Waals surface area contributed by atoms with Gasteiger partial charge in [-0.15, -0.1) is 0 Å². The molecule has 0 radical (unpaired) electrons. The van der Waals surface area contributed by atoms with Gasteiger partial charge in [0.05, 0.1) is 13.2 Å². The minimum Gasteiger partial charge on any atom is -0.494 e. The zero-order chi connectivity index (χ0) is 21.7. The molecule has 0 aliphatic carbocycles. The molecule has 0 aliphatic heterocycles. The first-order valence-corrected chi connectivity index (χ1v) is 10.4. The quantitative estimate of drug-likeness (QED) is 0.310. The summed E-state index contributed by atoms with van der Waals surface area (Å²) in [6.07, 6.45) is 3.60. The molecular formula is C26H28N2O3. The Morgan fingerprint density at radius 1 is 0.871 bits per heavy atom. The third kappa shape index (κ3) is 7.90. The van der Waals surface area contributed by atoms with Gasteiger partial charge in [-0.25, -0.2) is 0 Å². The van der Waals surface area contributed by atoms with Crippen LogP contribution >= 0.6 is 0 Å². The lowest BCUT2D eigenvalue weighted by molar-refractivity contribution is -0.114. The monoisotopic (exact) mass is 416 g/mol. The molecule has 0 unspecified atom stereocenters. The molecule has 3 aromatic carbocycles. The Hall–Kier alpha value is -3.73. The average Bonchev–Trinajstić information content (AvgIpc) is 2.81. The van der Waals surface area contributed by atoms with Crippen LogP contribution in [0.2, 0.25) is 0 Å². The number of hydrogen-bond donors (Lipinski definition) is 2. The summed E-state index contributed by atoms with van der Waals surface area (Å²) < 4.78 is 11.3. The van der Waals surface area contributed by atoms with E-state index in [4.69, 9.17) is 9.47 Å². The number of carbonyl (C=O) groups is 1. The number of anilines is 2. The van der Waals surface area contributed by atoms with Crippen LogP contribution in [0.5, 0.6) is 11.5 Å². The normalized spacial score (nSPS) is 10.2. The Kier molecular flexibility index (Phi) is 8.56. The standard InChI is InChI=1S/C26H28N2O3/c1-2-17-30-24-15-13-22(14-16-24)27-20-26(29)28-23-11-6-12-25(19-23)31-18-7-10-21-8-4-3-5-9-21/h2-6,8-9,11-16,19,27H,1,7,10,17-18,20H2,(H,28,29).